The molecule has 0 amide bonds. The Bertz CT molecular complexity index is 335. The summed E-state index contributed by atoms with van der Waals surface area (Å²) in [7, 11) is 1.43. The van der Waals surface area contributed by atoms with Gasteiger partial charge in [0.1, 0.15) is 0 Å². The van der Waals surface area contributed by atoms with E-state index in [1.165, 1.54) is 12.7 Å². The molecule has 0 saturated heterocycles. The van der Waals surface area contributed by atoms with Crippen LogP contribution in [0.2, 0.25) is 0 Å². The predicted molar refractivity (Wildman–Crippen MR) is 68.8 cm³/mol. The van der Waals surface area contributed by atoms with E-state index in [2.05, 4.69) is 31.3 Å². The molecule has 0 aliphatic heterocycles. The van der Waals surface area contributed by atoms with Crippen LogP contribution < -0.4 is 5.32 Å². The molecule has 1 rings (SSSR count). The molecule has 0 saturated carbocycles. The Balaban J connectivity index is 2.60. The number of hydrogen-bond acceptors (Lipinski definition) is 3. The number of rotatable bonds is 6. The third kappa shape index (κ3) is 5.50. The van der Waals surface area contributed by atoms with E-state index in [1.807, 2.05) is 18.2 Å². The molecule has 17 heavy (non-hydrogen) atoms. The smallest absolute Gasteiger partial charge is 0.307 e. The van der Waals surface area contributed by atoms with Crippen LogP contribution in [0.25, 0.3) is 0 Å². The molecule has 0 heterocycles. The number of esters is 1. The Hall–Kier alpha value is -1.35. The molecular weight excluding hydrogens is 214 g/mol. The molecule has 0 aliphatic rings. The lowest BCUT2D eigenvalue weighted by molar-refractivity contribution is -0.141. The number of nitrogens with one attached hydrogen (secondary N) is 1. The van der Waals surface area contributed by atoms with E-state index in [0.717, 1.165) is 6.42 Å². The van der Waals surface area contributed by atoms with Gasteiger partial charge < -0.3 is 10.1 Å². The van der Waals surface area contributed by atoms with Gasteiger partial charge in [-0.05, 0) is 12.0 Å². The number of carbonyl (C=O) groups is 1. The fraction of sp³-hybridized carbons (Fsp3) is 0.500. The van der Waals surface area contributed by atoms with E-state index < -0.39 is 0 Å². The molecule has 0 fully saturated rings. The summed E-state index contributed by atoms with van der Waals surface area (Å²) >= 11 is 0. The maximum absolute atomic E-state index is 11.3. The Kier molecular flexibility index (Phi) is 5.70. The Labute approximate surface area is 103 Å². The summed E-state index contributed by atoms with van der Waals surface area (Å²) in [6, 6.07) is 10.7. The lowest BCUT2D eigenvalue weighted by Crippen LogP contribution is -2.38. The van der Waals surface area contributed by atoms with Crippen molar-refractivity contribution in [3.05, 3.63) is 35.9 Å². The van der Waals surface area contributed by atoms with Gasteiger partial charge in [0.15, 0.2) is 0 Å². The quantitative estimate of drug-likeness (QED) is 0.768. The SMILES string of the molecule is COC(=O)CC(Cc1ccccc1)NC(C)C. The first-order chi connectivity index (χ1) is 8.11. The van der Waals surface area contributed by atoms with Crippen LogP contribution in [0.1, 0.15) is 25.8 Å². The van der Waals surface area contributed by atoms with Crippen molar-refractivity contribution in [3.63, 3.8) is 0 Å². The highest BCUT2D eigenvalue weighted by molar-refractivity contribution is 5.70. The molecule has 1 aromatic carbocycles. The zero-order valence-corrected chi connectivity index (χ0v) is 10.8. The third-order valence-electron chi connectivity index (χ3n) is 2.53. The maximum Gasteiger partial charge on any atom is 0.307 e. The van der Waals surface area contributed by atoms with Crippen LogP contribution in [0.4, 0.5) is 0 Å². The molecule has 0 aliphatic carbocycles. The van der Waals surface area contributed by atoms with Crippen LogP contribution in [-0.4, -0.2) is 25.2 Å². The van der Waals surface area contributed by atoms with Crippen molar-refractivity contribution in [2.45, 2.75) is 38.8 Å². The van der Waals surface area contributed by atoms with Gasteiger partial charge >= 0.3 is 5.97 Å². The van der Waals surface area contributed by atoms with E-state index in [0.29, 0.717) is 12.5 Å². The summed E-state index contributed by atoms with van der Waals surface area (Å²) in [5.74, 6) is -0.168. The maximum atomic E-state index is 11.3. The lowest BCUT2D eigenvalue weighted by Gasteiger charge is -2.20. The standard InChI is InChI=1S/C14H21NO2/c1-11(2)15-13(10-14(16)17-3)9-12-7-5-4-6-8-12/h4-8,11,13,15H,9-10H2,1-3H3. The third-order valence-corrected chi connectivity index (χ3v) is 2.53. The topological polar surface area (TPSA) is 38.3 Å². The van der Waals surface area contributed by atoms with Crippen molar-refractivity contribution >= 4 is 5.97 Å². The molecule has 1 atom stereocenters. The van der Waals surface area contributed by atoms with E-state index in [1.54, 1.807) is 0 Å². The second kappa shape index (κ2) is 7.07. The van der Waals surface area contributed by atoms with E-state index >= 15 is 0 Å². The van der Waals surface area contributed by atoms with Crippen molar-refractivity contribution in [2.75, 3.05) is 7.11 Å². The highest BCUT2D eigenvalue weighted by Gasteiger charge is 2.15. The Morgan fingerprint density at radius 1 is 1.29 bits per heavy atom. The molecule has 3 heteroatoms. The van der Waals surface area contributed by atoms with Crippen molar-refractivity contribution in [1.29, 1.82) is 0 Å². The second-order valence-corrected chi connectivity index (χ2v) is 4.49. The van der Waals surface area contributed by atoms with Crippen LogP contribution >= 0.6 is 0 Å². The van der Waals surface area contributed by atoms with Crippen LogP contribution in [0.3, 0.4) is 0 Å². The zero-order valence-electron chi connectivity index (χ0n) is 10.8. The van der Waals surface area contributed by atoms with Crippen LogP contribution in [0, 0.1) is 0 Å². The number of ether oxygens (including phenoxy) is 1. The van der Waals surface area contributed by atoms with Gasteiger partial charge in [-0.3, -0.25) is 4.79 Å². The number of benzene rings is 1. The number of methoxy groups -OCH3 is 1. The highest BCUT2D eigenvalue weighted by atomic mass is 16.5. The molecular formula is C14H21NO2. The second-order valence-electron chi connectivity index (χ2n) is 4.49. The zero-order chi connectivity index (χ0) is 12.7. The molecule has 1 unspecified atom stereocenters. The molecule has 0 radical (unpaired) electrons. The first-order valence-corrected chi connectivity index (χ1v) is 5.98. The molecule has 1 aromatic rings. The van der Waals surface area contributed by atoms with E-state index in [-0.39, 0.29) is 12.0 Å². The van der Waals surface area contributed by atoms with E-state index in [4.69, 9.17) is 4.74 Å². The summed E-state index contributed by atoms with van der Waals surface area (Å²) in [6.07, 6.45) is 1.25. The van der Waals surface area contributed by atoms with Gasteiger partial charge in [-0.15, -0.1) is 0 Å². The Morgan fingerprint density at radius 3 is 2.47 bits per heavy atom. The first-order valence-electron chi connectivity index (χ1n) is 5.98. The first kappa shape index (κ1) is 13.7. The van der Waals surface area contributed by atoms with Gasteiger partial charge in [-0.25, -0.2) is 0 Å². The minimum absolute atomic E-state index is 0.129. The minimum Gasteiger partial charge on any atom is -0.469 e. The van der Waals surface area contributed by atoms with Gasteiger partial charge in [0, 0.05) is 12.1 Å². The molecule has 0 aromatic heterocycles. The molecule has 1 N–H and O–H groups in total. The van der Waals surface area contributed by atoms with Crippen molar-refractivity contribution in [3.8, 4) is 0 Å². The molecule has 0 spiro atoms. The number of carbonyl (C=O) groups excluding carboxylic acids is 1. The van der Waals surface area contributed by atoms with Crippen molar-refractivity contribution < 1.29 is 9.53 Å². The highest BCUT2D eigenvalue weighted by Crippen LogP contribution is 2.07. The fourth-order valence-electron chi connectivity index (χ4n) is 1.84. The Morgan fingerprint density at radius 2 is 1.94 bits per heavy atom. The van der Waals surface area contributed by atoms with Crippen molar-refractivity contribution in [2.24, 2.45) is 0 Å². The predicted octanol–water partition coefficient (Wildman–Crippen LogP) is 2.16. The van der Waals surface area contributed by atoms with Gasteiger partial charge in [0.25, 0.3) is 0 Å². The summed E-state index contributed by atoms with van der Waals surface area (Å²) in [5, 5.41) is 3.39. The molecule has 3 nitrogen and oxygen atoms in total. The van der Waals surface area contributed by atoms with E-state index in [9.17, 15) is 4.79 Å². The van der Waals surface area contributed by atoms with Gasteiger partial charge in [-0.2, -0.15) is 0 Å². The largest absolute Gasteiger partial charge is 0.469 e. The van der Waals surface area contributed by atoms with Crippen LogP contribution in [-0.2, 0) is 16.0 Å². The fourth-order valence-corrected chi connectivity index (χ4v) is 1.84. The van der Waals surface area contributed by atoms with Gasteiger partial charge in [0.2, 0.25) is 0 Å². The van der Waals surface area contributed by atoms with Gasteiger partial charge in [-0.1, -0.05) is 44.2 Å². The monoisotopic (exact) mass is 235 g/mol. The lowest BCUT2D eigenvalue weighted by atomic mass is 10.0. The summed E-state index contributed by atoms with van der Waals surface area (Å²) < 4.78 is 4.72. The summed E-state index contributed by atoms with van der Waals surface area (Å²) in [6.45, 7) is 4.16. The van der Waals surface area contributed by atoms with Crippen LogP contribution in [0.15, 0.2) is 30.3 Å². The van der Waals surface area contributed by atoms with Crippen molar-refractivity contribution in [1.82, 2.24) is 5.32 Å². The normalized spacial score (nSPS) is 12.5. The van der Waals surface area contributed by atoms with Gasteiger partial charge in [0.05, 0.1) is 13.5 Å². The average molecular weight is 235 g/mol. The minimum atomic E-state index is -0.168. The molecule has 0 bridgehead atoms. The number of hydrogen-bond donors (Lipinski definition) is 1. The average Bonchev–Trinajstić information content (AvgIpc) is 2.29. The summed E-state index contributed by atoms with van der Waals surface area (Å²) in [4.78, 5) is 11.3. The molecule has 94 valence electrons. The van der Waals surface area contributed by atoms with Crippen LogP contribution in [0.5, 0.6) is 0 Å². The summed E-state index contributed by atoms with van der Waals surface area (Å²) in [5.41, 5.74) is 1.23.